The predicted octanol–water partition coefficient (Wildman–Crippen LogP) is 4.38. The summed E-state index contributed by atoms with van der Waals surface area (Å²) in [6.45, 7) is 6.10. The number of thioether (sulfide) groups is 1. The molecule has 2 aromatic rings. The average Bonchev–Trinajstić information content (AvgIpc) is 3.15. The maximum Gasteiger partial charge on any atom is 0.317 e. The predicted molar refractivity (Wildman–Crippen MR) is 125 cm³/mol. The van der Waals surface area contributed by atoms with Crippen LogP contribution >= 0.6 is 11.8 Å². The van der Waals surface area contributed by atoms with Crippen molar-refractivity contribution in [3.05, 3.63) is 46.8 Å². The Morgan fingerprint density at radius 2 is 1.75 bits per heavy atom. The van der Waals surface area contributed by atoms with Crippen molar-refractivity contribution in [3.63, 3.8) is 0 Å². The highest BCUT2D eigenvalue weighted by Gasteiger charge is 2.27. The highest BCUT2D eigenvalue weighted by Crippen LogP contribution is 2.29. The fourth-order valence-electron chi connectivity index (χ4n) is 4.42. The molecular weight excluding hydrogens is 424 g/mol. The summed E-state index contributed by atoms with van der Waals surface area (Å²) in [5.74, 6) is 1.56. The fraction of sp³-hybridized carbons (Fsp3) is 0.542. The minimum absolute atomic E-state index is 0.0133. The lowest BCUT2D eigenvalue weighted by atomic mass is 9.96. The Morgan fingerprint density at radius 1 is 1.06 bits per heavy atom. The highest BCUT2D eigenvalue weighted by molar-refractivity contribution is 7.98. The Balaban J connectivity index is 1.33. The smallest absolute Gasteiger partial charge is 0.317 e. The maximum absolute atomic E-state index is 13.3. The topological polar surface area (TPSA) is 78.7 Å². The summed E-state index contributed by atoms with van der Waals surface area (Å²) in [5.41, 5.74) is 2.68. The number of benzene rings is 1. The highest BCUT2D eigenvalue weighted by atomic mass is 32.2. The van der Waals surface area contributed by atoms with Crippen LogP contribution in [-0.4, -0.2) is 59.1 Å². The van der Waals surface area contributed by atoms with E-state index in [2.05, 4.69) is 10.5 Å². The first-order valence-electron chi connectivity index (χ1n) is 11.5. The molecule has 1 aliphatic carbocycles. The van der Waals surface area contributed by atoms with Crippen LogP contribution in [0.4, 0.5) is 4.79 Å². The first-order valence-corrected chi connectivity index (χ1v) is 12.5. The summed E-state index contributed by atoms with van der Waals surface area (Å²) >= 11 is 1.63. The van der Waals surface area contributed by atoms with E-state index in [9.17, 15) is 9.59 Å². The number of nitrogens with one attached hydrogen (secondary N) is 1. The van der Waals surface area contributed by atoms with Crippen LogP contribution in [0.15, 0.2) is 33.7 Å². The first kappa shape index (κ1) is 22.7. The number of piperazine rings is 1. The van der Waals surface area contributed by atoms with E-state index >= 15 is 0 Å². The van der Waals surface area contributed by atoms with Crippen molar-refractivity contribution in [3.8, 4) is 0 Å². The molecule has 2 fully saturated rings. The van der Waals surface area contributed by atoms with Crippen molar-refractivity contribution in [2.45, 2.75) is 62.6 Å². The first-order chi connectivity index (χ1) is 15.5. The van der Waals surface area contributed by atoms with E-state index in [0.29, 0.717) is 43.5 Å². The van der Waals surface area contributed by atoms with Crippen LogP contribution in [0.3, 0.4) is 0 Å². The number of carbonyl (C=O) groups excluding carboxylic acids is 2. The monoisotopic (exact) mass is 456 g/mol. The van der Waals surface area contributed by atoms with E-state index in [1.807, 2.05) is 47.9 Å². The second-order valence-electron chi connectivity index (χ2n) is 8.65. The number of aromatic nitrogens is 1. The number of urea groups is 1. The summed E-state index contributed by atoms with van der Waals surface area (Å²) in [6.07, 6.45) is 5.81. The molecule has 0 atom stereocenters. The van der Waals surface area contributed by atoms with Gasteiger partial charge in [-0.1, -0.05) is 36.6 Å². The number of hydrogen-bond donors (Lipinski definition) is 1. The number of amides is 3. The summed E-state index contributed by atoms with van der Waals surface area (Å²) in [7, 11) is 0. The lowest BCUT2D eigenvalue weighted by Gasteiger charge is -2.36. The van der Waals surface area contributed by atoms with Crippen LogP contribution in [0.25, 0.3) is 0 Å². The molecular formula is C24H32N4O3S. The Morgan fingerprint density at radius 3 is 2.44 bits per heavy atom. The van der Waals surface area contributed by atoms with E-state index in [4.69, 9.17) is 4.52 Å². The molecule has 3 amide bonds. The summed E-state index contributed by atoms with van der Waals surface area (Å²) in [5, 5.41) is 7.20. The minimum atomic E-state index is 0.0133. The zero-order chi connectivity index (χ0) is 22.5. The standard InChI is InChI=1S/C24H32N4O3S/c1-17-21(18(2)31-26-17)16-32-22-11-7-6-10-20(22)23(29)27-12-14-28(15-13-27)24(30)25-19-8-4-3-5-9-19/h6-7,10-11,19H,3-5,8-9,12-16H2,1-2H3,(H,25,30). The van der Waals surface area contributed by atoms with Gasteiger partial charge in [0.2, 0.25) is 0 Å². The third-order valence-corrected chi connectivity index (χ3v) is 7.56. The Kier molecular flexibility index (Phi) is 7.40. The van der Waals surface area contributed by atoms with E-state index < -0.39 is 0 Å². The average molecular weight is 457 g/mol. The zero-order valence-electron chi connectivity index (χ0n) is 18.9. The van der Waals surface area contributed by atoms with Gasteiger partial charge in [0.05, 0.1) is 11.3 Å². The molecule has 1 saturated heterocycles. The van der Waals surface area contributed by atoms with E-state index in [1.165, 1.54) is 19.3 Å². The van der Waals surface area contributed by atoms with Crippen LogP contribution in [0.2, 0.25) is 0 Å². The second-order valence-corrected chi connectivity index (χ2v) is 9.67. The lowest BCUT2D eigenvalue weighted by Crippen LogP contribution is -2.54. The molecule has 0 radical (unpaired) electrons. The van der Waals surface area contributed by atoms with Crippen LogP contribution in [0.5, 0.6) is 0 Å². The molecule has 4 rings (SSSR count). The minimum Gasteiger partial charge on any atom is -0.361 e. The Hall–Kier alpha value is -2.48. The van der Waals surface area contributed by atoms with Gasteiger partial charge in [-0.3, -0.25) is 4.79 Å². The van der Waals surface area contributed by atoms with Crippen molar-refractivity contribution in [2.75, 3.05) is 26.2 Å². The summed E-state index contributed by atoms with van der Waals surface area (Å²) < 4.78 is 5.26. The third kappa shape index (κ3) is 5.28. The van der Waals surface area contributed by atoms with Crippen molar-refractivity contribution in [2.24, 2.45) is 0 Å². The number of hydrogen-bond acceptors (Lipinski definition) is 5. The molecule has 172 valence electrons. The van der Waals surface area contributed by atoms with Gasteiger partial charge in [-0.15, -0.1) is 11.8 Å². The molecule has 32 heavy (non-hydrogen) atoms. The summed E-state index contributed by atoms with van der Waals surface area (Å²) in [4.78, 5) is 30.5. The van der Waals surface area contributed by atoms with E-state index in [0.717, 1.165) is 34.8 Å². The van der Waals surface area contributed by atoms with Crippen LogP contribution in [-0.2, 0) is 5.75 Å². The van der Waals surface area contributed by atoms with Crippen LogP contribution in [0.1, 0.15) is 59.5 Å². The molecule has 0 spiro atoms. The van der Waals surface area contributed by atoms with Gasteiger partial charge in [0.1, 0.15) is 5.76 Å². The number of aryl methyl sites for hydroxylation is 2. The van der Waals surface area contributed by atoms with Crippen molar-refractivity contribution in [1.29, 1.82) is 0 Å². The molecule has 8 heteroatoms. The van der Waals surface area contributed by atoms with Crippen molar-refractivity contribution >= 4 is 23.7 Å². The molecule has 1 N–H and O–H groups in total. The molecule has 2 aliphatic rings. The molecule has 1 aromatic heterocycles. The largest absolute Gasteiger partial charge is 0.361 e. The van der Waals surface area contributed by atoms with Gasteiger partial charge in [0.15, 0.2) is 0 Å². The van der Waals surface area contributed by atoms with Gasteiger partial charge in [-0.25, -0.2) is 4.79 Å². The van der Waals surface area contributed by atoms with Gasteiger partial charge >= 0.3 is 6.03 Å². The molecule has 0 bridgehead atoms. The summed E-state index contributed by atoms with van der Waals surface area (Å²) in [6, 6.07) is 8.06. The van der Waals surface area contributed by atoms with Crippen molar-refractivity contribution < 1.29 is 14.1 Å². The Labute approximate surface area is 193 Å². The quantitative estimate of drug-likeness (QED) is 0.676. The molecule has 2 heterocycles. The van der Waals surface area contributed by atoms with E-state index in [-0.39, 0.29) is 11.9 Å². The lowest BCUT2D eigenvalue weighted by molar-refractivity contribution is 0.0659. The number of nitrogens with zero attached hydrogens (tertiary/aromatic N) is 3. The van der Waals surface area contributed by atoms with Gasteiger partial charge in [-0.2, -0.15) is 0 Å². The molecule has 1 saturated carbocycles. The SMILES string of the molecule is Cc1noc(C)c1CSc1ccccc1C(=O)N1CCN(C(=O)NC2CCCCC2)CC1. The normalized spacial score (nSPS) is 17.4. The van der Waals surface area contributed by atoms with Crippen molar-refractivity contribution in [1.82, 2.24) is 20.3 Å². The number of carbonyl (C=O) groups is 2. The van der Waals surface area contributed by atoms with Gasteiger partial charge in [0.25, 0.3) is 5.91 Å². The van der Waals surface area contributed by atoms with Gasteiger partial charge in [-0.05, 0) is 38.8 Å². The maximum atomic E-state index is 13.3. The zero-order valence-corrected chi connectivity index (χ0v) is 19.7. The van der Waals surface area contributed by atoms with Gasteiger partial charge in [0, 0.05) is 48.4 Å². The van der Waals surface area contributed by atoms with Gasteiger partial charge < -0.3 is 19.6 Å². The molecule has 7 nitrogen and oxygen atoms in total. The fourth-order valence-corrected chi connectivity index (χ4v) is 5.62. The number of rotatable bonds is 5. The third-order valence-electron chi connectivity index (χ3n) is 6.46. The Bertz CT molecular complexity index is 927. The van der Waals surface area contributed by atoms with E-state index in [1.54, 1.807) is 11.8 Å². The van der Waals surface area contributed by atoms with Crippen LogP contribution < -0.4 is 5.32 Å². The second kappa shape index (κ2) is 10.4. The molecule has 0 unspecified atom stereocenters. The molecule has 1 aliphatic heterocycles. The molecule has 1 aromatic carbocycles. The van der Waals surface area contributed by atoms with Crippen LogP contribution in [0, 0.1) is 13.8 Å².